The first-order chi connectivity index (χ1) is 16.0. The molecular weight excluding hydrogens is 443 g/mol. The van der Waals surface area contributed by atoms with Crippen LogP contribution in [0.15, 0.2) is 48.8 Å². The molecule has 9 heteroatoms. The number of nitrogens with zero attached hydrogens (tertiary/aromatic N) is 5. The number of nitrogens with two attached hydrogens (primary N) is 1. The van der Waals surface area contributed by atoms with Gasteiger partial charge < -0.3 is 15.4 Å². The Bertz CT molecular complexity index is 1330. The fourth-order valence-corrected chi connectivity index (χ4v) is 4.29. The van der Waals surface area contributed by atoms with Crippen molar-refractivity contribution in [3.8, 4) is 11.3 Å². The van der Waals surface area contributed by atoms with E-state index in [2.05, 4.69) is 25.1 Å². The Morgan fingerprint density at radius 2 is 1.88 bits per heavy atom. The summed E-state index contributed by atoms with van der Waals surface area (Å²) in [5, 5.41) is 8.91. The maximum atomic E-state index is 15.0. The number of rotatable bonds is 4. The Balaban J connectivity index is 1.56. The molecule has 1 fully saturated rings. The van der Waals surface area contributed by atoms with Crippen LogP contribution in [0.4, 0.5) is 10.1 Å². The molecule has 1 saturated heterocycles. The van der Waals surface area contributed by atoms with Crippen LogP contribution in [-0.4, -0.2) is 46.5 Å². The lowest BCUT2D eigenvalue weighted by Gasteiger charge is -2.29. The van der Waals surface area contributed by atoms with E-state index in [4.69, 9.17) is 22.1 Å². The highest BCUT2D eigenvalue weighted by Crippen LogP contribution is 2.33. The third-order valence-corrected chi connectivity index (χ3v) is 6.11. The van der Waals surface area contributed by atoms with Crippen LogP contribution in [0.2, 0.25) is 5.15 Å². The molecule has 0 aliphatic carbocycles. The Labute approximate surface area is 195 Å². The normalized spacial score (nSPS) is 15.1. The SMILES string of the molecule is Cc1nnc(Cl)cc1C(N)c1ccc(F)c(-c2ncnc3cc(N4CCOCC4)ccc23)c1. The zero-order chi connectivity index (χ0) is 22.9. The molecule has 3 heterocycles. The highest BCUT2D eigenvalue weighted by atomic mass is 35.5. The molecule has 168 valence electrons. The fraction of sp³-hybridized carbons (Fsp3) is 0.250. The standard InChI is InChI=1S/C24H22ClFN6O/c1-14-18(12-22(25)31-30-14)23(27)15-2-5-20(26)19(10-15)24-17-4-3-16(11-21(17)28-13-29-24)32-6-8-33-9-7-32/h2-5,10-13,23H,6-9,27H2,1H3. The fourth-order valence-electron chi connectivity index (χ4n) is 4.13. The Morgan fingerprint density at radius 3 is 2.70 bits per heavy atom. The number of halogens is 2. The minimum absolute atomic E-state index is 0.256. The van der Waals surface area contributed by atoms with Crippen molar-refractivity contribution in [3.63, 3.8) is 0 Å². The van der Waals surface area contributed by atoms with Gasteiger partial charge in [-0.15, -0.1) is 5.10 Å². The molecule has 0 amide bonds. The van der Waals surface area contributed by atoms with Gasteiger partial charge in [0.05, 0.1) is 36.2 Å². The smallest absolute Gasteiger partial charge is 0.152 e. The lowest BCUT2D eigenvalue weighted by atomic mass is 9.95. The largest absolute Gasteiger partial charge is 0.378 e. The van der Waals surface area contributed by atoms with Crippen LogP contribution < -0.4 is 10.6 Å². The van der Waals surface area contributed by atoms with Gasteiger partial charge in [0.1, 0.15) is 12.1 Å². The van der Waals surface area contributed by atoms with Crippen molar-refractivity contribution >= 4 is 28.2 Å². The average molecular weight is 465 g/mol. The second-order valence-corrected chi connectivity index (χ2v) is 8.34. The summed E-state index contributed by atoms with van der Waals surface area (Å²) in [5.41, 5.74) is 11.3. The highest BCUT2D eigenvalue weighted by molar-refractivity contribution is 6.29. The molecule has 2 aromatic heterocycles. The molecule has 0 radical (unpaired) electrons. The monoisotopic (exact) mass is 464 g/mol. The average Bonchev–Trinajstić information content (AvgIpc) is 2.85. The summed E-state index contributed by atoms with van der Waals surface area (Å²) in [5.74, 6) is -0.384. The van der Waals surface area contributed by atoms with Crippen molar-refractivity contribution in [1.29, 1.82) is 0 Å². The van der Waals surface area contributed by atoms with E-state index in [9.17, 15) is 4.39 Å². The molecule has 2 N–H and O–H groups in total. The topological polar surface area (TPSA) is 90.0 Å². The Kier molecular flexibility index (Phi) is 5.88. The minimum atomic E-state index is -0.543. The van der Waals surface area contributed by atoms with Crippen molar-refractivity contribution in [2.45, 2.75) is 13.0 Å². The van der Waals surface area contributed by atoms with Crippen molar-refractivity contribution < 1.29 is 9.13 Å². The van der Waals surface area contributed by atoms with E-state index < -0.39 is 6.04 Å². The van der Waals surface area contributed by atoms with E-state index >= 15 is 0 Å². The molecular formula is C24H22ClFN6O. The number of ether oxygens (including phenoxy) is 1. The number of benzene rings is 2. The number of hydrogen-bond donors (Lipinski definition) is 1. The van der Waals surface area contributed by atoms with E-state index in [1.807, 2.05) is 25.1 Å². The van der Waals surface area contributed by atoms with Crippen molar-refractivity contribution in [3.05, 3.63) is 76.6 Å². The maximum absolute atomic E-state index is 15.0. The van der Waals surface area contributed by atoms with Gasteiger partial charge in [-0.25, -0.2) is 14.4 Å². The van der Waals surface area contributed by atoms with Gasteiger partial charge in [-0.3, -0.25) is 0 Å². The van der Waals surface area contributed by atoms with E-state index in [1.54, 1.807) is 18.2 Å². The first kappa shape index (κ1) is 21.6. The summed E-state index contributed by atoms with van der Waals surface area (Å²) in [4.78, 5) is 11.1. The second kappa shape index (κ2) is 8.97. The Hall–Kier alpha value is -3.20. The molecule has 4 aromatic rings. The van der Waals surface area contributed by atoms with Crippen molar-refractivity contribution in [2.75, 3.05) is 31.2 Å². The van der Waals surface area contributed by atoms with Crippen LogP contribution in [0.25, 0.3) is 22.2 Å². The molecule has 0 saturated carbocycles. The van der Waals surface area contributed by atoms with E-state index in [1.165, 1.54) is 12.4 Å². The number of hydrogen-bond acceptors (Lipinski definition) is 7. The number of aryl methyl sites for hydroxylation is 1. The molecule has 33 heavy (non-hydrogen) atoms. The molecule has 1 aliphatic heterocycles. The van der Waals surface area contributed by atoms with Gasteiger partial charge in [-0.2, -0.15) is 5.10 Å². The number of fused-ring (bicyclic) bond motifs is 1. The molecule has 2 aromatic carbocycles. The second-order valence-electron chi connectivity index (χ2n) is 7.95. The number of morpholine rings is 1. The summed E-state index contributed by atoms with van der Waals surface area (Å²) in [6.45, 7) is 4.86. The lowest BCUT2D eigenvalue weighted by Crippen LogP contribution is -2.36. The quantitative estimate of drug-likeness (QED) is 0.486. The third-order valence-electron chi connectivity index (χ3n) is 5.92. The highest BCUT2D eigenvalue weighted by Gasteiger charge is 2.19. The van der Waals surface area contributed by atoms with Crippen molar-refractivity contribution in [2.24, 2.45) is 5.73 Å². The third kappa shape index (κ3) is 4.25. The van der Waals surface area contributed by atoms with E-state index in [0.29, 0.717) is 30.2 Å². The van der Waals surface area contributed by atoms with Crippen LogP contribution in [-0.2, 0) is 4.74 Å². The predicted octanol–water partition coefficient (Wildman–Crippen LogP) is 4.07. The van der Waals surface area contributed by atoms with E-state index in [0.717, 1.165) is 40.8 Å². The first-order valence-corrected chi connectivity index (χ1v) is 11.0. The van der Waals surface area contributed by atoms with Crippen LogP contribution in [0.5, 0.6) is 0 Å². The zero-order valence-electron chi connectivity index (χ0n) is 18.0. The summed E-state index contributed by atoms with van der Waals surface area (Å²) in [6, 6.07) is 11.9. The summed E-state index contributed by atoms with van der Waals surface area (Å²) >= 11 is 6.02. The maximum Gasteiger partial charge on any atom is 0.152 e. The minimum Gasteiger partial charge on any atom is -0.378 e. The molecule has 1 atom stereocenters. The first-order valence-electron chi connectivity index (χ1n) is 10.6. The van der Waals surface area contributed by atoms with Gasteiger partial charge >= 0.3 is 0 Å². The summed E-state index contributed by atoms with van der Waals surface area (Å²) in [7, 11) is 0. The van der Waals surface area contributed by atoms with Crippen LogP contribution in [0, 0.1) is 12.7 Å². The molecule has 7 nitrogen and oxygen atoms in total. The predicted molar refractivity (Wildman–Crippen MR) is 126 cm³/mol. The van der Waals surface area contributed by atoms with Gasteiger partial charge in [0.2, 0.25) is 0 Å². The molecule has 1 unspecified atom stereocenters. The molecule has 5 rings (SSSR count). The number of anilines is 1. The molecule has 0 bridgehead atoms. The van der Waals surface area contributed by atoms with E-state index in [-0.39, 0.29) is 11.0 Å². The Morgan fingerprint density at radius 1 is 1.06 bits per heavy atom. The van der Waals surface area contributed by atoms with Gasteiger partial charge in [0.15, 0.2) is 5.15 Å². The van der Waals surface area contributed by atoms with Gasteiger partial charge in [-0.1, -0.05) is 17.7 Å². The van der Waals surface area contributed by atoms with Gasteiger partial charge in [-0.05, 0) is 54.4 Å². The van der Waals surface area contributed by atoms with Gasteiger partial charge in [0.25, 0.3) is 0 Å². The molecule has 0 spiro atoms. The van der Waals surface area contributed by atoms with Crippen molar-refractivity contribution in [1.82, 2.24) is 20.2 Å². The van der Waals surface area contributed by atoms with Crippen LogP contribution >= 0.6 is 11.6 Å². The number of aromatic nitrogens is 4. The summed E-state index contributed by atoms with van der Waals surface area (Å²) < 4.78 is 20.4. The van der Waals surface area contributed by atoms with Crippen LogP contribution in [0.1, 0.15) is 22.9 Å². The van der Waals surface area contributed by atoms with Gasteiger partial charge in [0, 0.05) is 29.7 Å². The zero-order valence-corrected chi connectivity index (χ0v) is 18.8. The van der Waals surface area contributed by atoms with Crippen LogP contribution in [0.3, 0.4) is 0 Å². The molecule has 1 aliphatic rings. The lowest BCUT2D eigenvalue weighted by molar-refractivity contribution is 0.122. The summed E-state index contributed by atoms with van der Waals surface area (Å²) in [6.07, 6.45) is 1.46.